The molecule has 2 N–H and O–H groups in total. The average molecular weight is 356 g/mol. The highest BCUT2D eigenvalue weighted by Gasteiger charge is 2.24. The molecular formula is C19H20N2O5. The molecule has 2 aromatic rings. The van der Waals surface area contributed by atoms with Crippen molar-refractivity contribution >= 4 is 17.6 Å². The summed E-state index contributed by atoms with van der Waals surface area (Å²) >= 11 is 0. The van der Waals surface area contributed by atoms with E-state index in [2.05, 4.69) is 0 Å². The molecule has 1 heterocycles. The largest absolute Gasteiger partial charge is 0.492 e. The third kappa shape index (κ3) is 4.31. The molecule has 136 valence electrons. The molecule has 1 aliphatic heterocycles. The Morgan fingerprint density at radius 2 is 1.92 bits per heavy atom. The van der Waals surface area contributed by atoms with Crippen LogP contribution in [0.4, 0.5) is 5.69 Å². The Bertz CT molecular complexity index is 776. The topological polar surface area (TPSA) is 91.1 Å². The first-order valence-corrected chi connectivity index (χ1v) is 8.27. The van der Waals surface area contributed by atoms with E-state index in [-0.39, 0.29) is 25.7 Å². The van der Waals surface area contributed by atoms with E-state index < -0.39 is 5.97 Å². The Morgan fingerprint density at radius 1 is 1.15 bits per heavy atom. The summed E-state index contributed by atoms with van der Waals surface area (Å²) in [5, 5.41) is 0. The van der Waals surface area contributed by atoms with Crippen molar-refractivity contribution in [2.45, 2.75) is 6.61 Å². The summed E-state index contributed by atoms with van der Waals surface area (Å²) in [5.41, 5.74) is 6.78. The molecule has 0 radical (unpaired) electrons. The molecule has 0 spiro atoms. The van der Waals surface area contributed by atoms with Gasteiger partial charge in [0.1, 0.15) is 24.7 Å². The third-order valence-electron chi connectivity index (χ3n) is 3.88. The van der Waals surface area contributed by atoms with Crippen molar-refractivity contribution in [3.63, 3.8) is 0 Å². The van der Waals surface area contributed by atoms with Crippen molar-refractivity contribution in [2.75, 3.05) is 31.2 Å². The lowest BCUT2D eigenvalue weighted by Crippen LogP contribution is -2.41. The van der Waals surface area contributed by atoms with Crippen molar-refractivity contribution in [2.24, 2.45) is 5.73 Å². The zero-order valence-corrected chi connectivity index (χ0v) is 14.2. The number of anilines is 1. The van der Waals surface area contributed by atoms with Gasteiger partial charge in [-0.1, -0.05) is 24.3 Å². The minimum absolute atomic E-state index is 0.0350. The first-order chi connectivity index (χ1) is 12.7. The molecule has 1 aliphatic rings. The van der Waals surface area contributed by atoms with Crippen molar-refractivity contribution in [1.82, 2.24) is 0 Å². The molecule has 7 nitrogen and oxygen atoms in total. The van der Waals surface area contributed by atoms with Crippen molar-refractivity contribution < 1.29 is 23.8 Å². The van der Waals surface area contributed by atoms with Gasteiger partial charge in [0.15, 0.2) is 6.61 Å². The quantitative estimate of drug-likeness (QED) is 0.756. The zero-order valence-electron chi connectivity index (χ0n) is 14.2. The Labute approximate surface area is 151 Å². The molecule has 7 heteroatoms. The lowest BCUT2D eigenvalue weighted by Gasteiger charge is -2.29. The first kappa shape index (κ1) is 17.8. The van der Waals surface area contributed by atoms with Gasteiger partial charge in [-0.2, -0.15) is 0 Å². The molecule has 26 heavy (non-hydrogen) atoms. The molecule has 0 aliphatic carbocycles. The minimum atomic E-state index is -0.444. The van der Waals surface area contributed by atoms with E-state index >= 15 is 0 Å². The molecule has 0 unspecified atom stereocenters. The molecule has 0 saturated carbocycles. The van der Waals surface area contributed by atoms with Crippen LogP contribution in [0.2, 0.25) is 0 Å². The van der Waals surface area contributed by atoms with Crippen LogP contribution >= 0.6 is 0 Å². The lowest BCUT2D eigenvalue weighted by molar-refractivity contribution is -0.143. The number of ether oxygens (including phenoxy) is 3. The number of para-hydroxylation sites is 2. The highest BCUT2D eigenvalue weighted by Crippen LogP contribution is 2.31. The van der Waals surface area contributed by atoms with Crippen LogP contribution in [-0.4, -0.2) is 38.2 Å². The molecular weight excluding hydrogens is 336 g/mol. The number of nitrogens with two attached hydrogens (primary N) is 1. The smallest absolute Gasteiger partial charge is 0.320 e. The fourth-order valence-electron chi connectivity index (χ4n) is 2.56. The number of amides is 1. The third-order valence-corrected chi connectivity index (χ3v) is 3.88. The van der Waals surface area contributed by atoms with Gasteiger partial charge in [0.2, 0.25) is 0 Å². The van der Waals surface area contributed by atoms with E-state index in [0.717, 1.165) is 11.3 Å². The van der Waals surface area contributed by atoms with Gasteiger partial charge < -0.3 is 24.8 Å². The van der Waals surface area contributed by atoms with Gasteiger partial charge in [-0.25, -0.2) is 0 Å². The number of fused-ring (bicyclic) bond motifs is 1. The number of rotatable bonds is 7. The van der Waals surface area contributed by atoms with E-state index in [4.69, 9.17) is 19.9 Å². The summed E-state index contributed by atoms with van der Waals surface area (Å²) in [4.78, 5) is 24.8. The van der Waals surface area contributed by atoms with E-state index in [1.54, 1.807) is 17.0 Å². The van der Waals surface area contributed by atoms with E-state index in [9.17, 15) is 9.59 Å². The fourth-order valence-corrected chi connectivity index (χ4v) is 2.56. The fraction of sp³-hybridized carbons (Fsp3) is 0.263. The number of nitrogens with zero attached hydrogens (tertiary/aromatic N) is 1. The van der Waals surface area contributed by atoms with E-state index in [0.29, 0.717) is 24.7 Å². The van der Waals surface area contributed by atoms with Crippen molar-refractivity contribution in [3.8, 4) is 11.5 Å². The molecule has 1 amide bonds. The van der Waals surface area contributed by atoms with Gasteiger partial charge in [-0.3, -0.25) is 9.59 Å². The number of carbonyl (C=O) groups excluding carboxylic acids is 2. The van der Waals surface area contributed by atoms with Crippen molar-refractivity contribution in [3.05, 3.63) is 54.1 Å². The van der Waals surface area contributed by atoms with Gasteiger partial charge in [0.05, 0.1) is 18.8 Å². The monoisotopic (exact) mass is 356 g/mol. The Kier molecular flexibility index (Phi) is 5.70. The Balaban J connectivity index is 1.52. The van der Waals surface area contributed by atoms with Crippen molar-refractivity contribution in [1.29, 1.82) is 0 Å². The summed E-state index contributed by atoms with van der Waals surface area (Å²) in [7, 11) is 0. The standard InChI is InChI=1S/C19H20N2O5/c20-11-19(23)26-12-14-5-7-15(8-6-14)24-10-9-21-16-3-1-2-4-17(16)25-13-18(21)22/h1-8H,9-13,20H2. The van der Waals surface area contributed by atoms with Crippen LogP contribution in [0.3, 0.4) is 0 Å². The zero-order chi connectivity index (χ0) is 18.4. The summed E-state index contributed by atoms with van der Waals surface area (Å²) in [6, 6.07) is 14.6. The summed E-state index contributed by atoms with van der Waals surface area (Å²) in [6.07, 6.45) is 0. The number of benzene rings is 2. The van der Waals surface area contributed by atoms with Crippen LogP contribution in [-0.2, 0) is 20.9 Å². The average Bonchev–Trinajstić information content (AvgIpc) is 2.68. The maximum absolute atomic E-state index is 12.1. The maximum atomic E-state index is 12.1. The SMILES string of the molecule is NCC(=O)OCc1ccc(OCCN2C(=O)COc3ccccc32)cc1. The summed E-state index contributed by atoms with van der Waals surface area (Å²) < 4.78 is 16.1. The van der Waals surface area contributed by atoms with Gasteiger partial charge in [-0.15, -0.1) is 0 Å². The minimum Gasteiger partial charge on any atom is -0.492 e. The van der Waals surface area contributed by atoms with Crippen LogP contribution in [0.25, 0.3) is 0 Å². The normalized spacial score (nSPS) is 13.0. The predicted molar refractivity (Wildman–Crippen MR) is 95.1 cm³/mol. The van der Waals surface area contributed by atoms with Gasteiger partial charge in [-0.05, 0) is 29.8 Å². The molecule has 0 atom stereocenters. The molecule has 2 aromatic carbocycles. The lowest BCUT2D eigenvalue weighted by atomic mass is 10.2. The van der Waals surface area contributed by atoms with E-state index in [1.165, 1.54) is 0 Å². The van der Waals surface area contributed by atoms with Crippen LogP contribution < -0.4 is 20.1 Å². The second kappa shape index (κ2) is 8.35. The summed E-state index contributed by atoms with van der Waals surface area (Å²) in [5.74, 6) is 0.835. The predicted octanol–water partition coefficient (Wildman–Crippen LogP) is 1.49. The first-order valence-electron chi connectivity index (χ1n) is 8.27. The second-order valence-electron chi connectivity index (χ2n) is 5.66. The van der Waals surface area contributed by atoms with Crippen LogP contribution in [0, 0.1) is 0 Å². The number of hydrogen-bond acceptors (Lipinski definition) is 6. The van der Waals surface area contributed by atoms with Gasteiger partial charge >= 0.3 is 5.97 Å². The molecule has 0 bridgehead atoms. The number of carbonyl (C=O) groups is 2. The van der Waals surface area contributed by atoms with E-state index in [1.807, 2.05) is 36.4 Å². The Hall–Kier alpha value is -3.06. The highest BCUT2D eigenvalue weighted by molar-refractivity contribution is 5.97. The molecule has 0 fully saturated rings. The Morgan fingerprint density at radius 3 is 2.69 bits per heavy atom. The molecule has 3 rings (SSSR count). The number of esters is 1. The second-order valence-corrected chi connectivity index (χ2v) is 5.66. The van der Waals surface area contributed by atoms with Crippen LogP contribution in [0.5, 0.6) is 11.5 Å². The van der Waals surface area contributed by atoms with Gasteiger partial charge in [0.25, 0.3) is 5.91 Å². The highest BCUT2D eigenvalue weighted by atomic mass is 16.5. The summed E-state index contributed by atoms with van der Waals surface area (Å²) in [6.45, 7) is 0.851. The van der Waals surface area contributed by atoms with Crippen LogP contribution in [0.15, 0.2) is 48.5 Å². The molecule has 0 saturated heterocycles. The number of hydrogen-bond donors (Lipinski definition) is 1. The van der Waals surface area contributed by atoms with Gasteiger partial charge in [0, 0.05) is 0 Å². The maximum Gasteiger partial charge on any atom is 0.320 e. The van der Waals surface area contributed by atoms with Crippen LogP contribution in [0.1, 0.15) is 5.56 Å². The molecule has 0 aromatic heterocycles.